The molecular weight excluding hydrogens is 224 g/mol. The summed E-state index contributed by atoms with van der Waals surface area (Å²) in [6, 6.07) is 1.59. The van der Waals surface area contributed by atoms with Crippen molar-refractivity contribution in [3.05, 3.63) is 39.4 Å². The van der Waals surface area contributed by atoms with Gasteiger partial charge in [-0.25, -0.2) is 4.39 Å². The van der Waals surface area contributed by atoms with Gasteiger partial charge in [-0.3, -0.25) is 10.1 Å². The van der Waals surface area contributed by atoms with E-state index in [9.17, 15) is 18.9 Å². The van der Waals surface area contributed by atoms with Crippen LogP contribution in [0.25, 0.3) is 0 Å². The van der Waals surface area contributed by atoms with Crippen molar-refractivity contribution < 1.29 is 23.2 Å². The number of halogens is 2. The Morgan fingerprint density at radius 1 is 1.31 bits per heavy atom. The summed E-state index contributed by atoms with van der Waals surface area (Å²) in [5.41, 5.74) is -1.35. The Morgan fingerprint density at radius 3 is 2.50 bits per heavy atom. The van der Waals surface area contributed by atoms with E-state index >= 15 is 0 Å². The van der Waals surface area contributed by atoms with Gasteiger partial charge in [0.05, 0.1) is 23.7 Å². The smallest absolute Gasteiger partial charge is 0.305 e. The van der Waals surface area contributed by atoms with E-state index in [1.807, 2.05) is 0 Å². The Kier molecular flexibility index (Phi) is 2.80. The number of benzene rings is 1. The molecule has 1 saturated heterocycles. The van der Waals surface area contributed by atoms with Crippen molar-refractivity contribution in [1.29, 1.82) is 0 Å². The van der Waals surface area contributed by atoms with Gasteiger partial charge in [0.2, 0.25) is 5.82 Å². The summed E-state index contributed by atoms with van der Waals surface area (Å²) in [4.78, 5) is 9.54. The maximum Gasteiger partial charge on any atom is 0.305 e. The molecule has 1 aromatic rings. The third-order valence-corrected chi connectivity index (χ3v) is 2.16. The number of hydrogen-bond donors (Lipinski definition) is 0. The summed E-state index contributed by atoms with van der Waals surface area (Å²) in [5.74, 6) is -2.17. The van der Waals surface area contributed by atoms with E-state index in [1.54, 1.807) is 0 Å². The minimum absolute atomic E-state index is 0.201. The Morgan fingerprint density at radius 2 is 1.94 bits per heavy atom. The zero-order chi connectivity index (χ0) is 11.7. The van der Waals surface area contributed by atoms with Crippen LogP contribution in [0.5, 0.6) is 0 Å². The van der Waals surface area contributed by atoms with Gasteiger partial charge in [0.25, 0.3) is 0 Å². The topological polar surface area (TPSA) is 61.6 Å². The first-order valence-electron chi connectivity index (χ1n) is 4.46. The van der Waals surface area contributed by atoms with Crippen LogP contribution in [0.15, 0.2) is 12.1 Å². The second-order valence-corrected chi connectivity index (χ2v) is 3.12. The highest BCUT2D eigenvalue weighted by Crippen LogP contribution is 2.32. The lowest BCUT2D eigenvalue weighted by Crippen LogP contribution is -2.07. The standard InChI is InChI=1S/C9H7F2NO4/c10-5-1-2-6(12(13)14)8(11)7(5)9-15-3-4-16-9/h1-2,9H,3-4H2. The molecule has 1 aliphatic heterocycles. The molecule has 1 aromatic carbocycles. The van der Waals surface area contributed by atoms with Crippen molar-refractivity contribution in [2.45, 2.75) is 6.29 Å². The van der Waals surface area contributed by atoms with E-state index in [0.717, 1.165) is 12.1 Å². The van der Waals surface area contributed by atoms with Crippen molar-refractivity contribution in [2.75, 3.05) is 13.2 Å². The van der Waals surface area contributed by atoms with Crippen LogP contribution in [0, 0.1) is 21.7 Å². The van der Waals surface area contributed by atoms with Gasteiger partial charge >= 0.3 is 5.69 Å². The number of nitrogens with zero attached hydrogens (tertiary/aromatic N) is 1. The van der Waals surface area contributed by atoms with Crippen LogP contribution in [0.2, 0.25) is 0 Å². The molecule has 0 N–H and O–H groups in total. The molecule has 0 aliphatic carbocycles. The van der Waals surface area contributed by atoms with Gasteiger partial charge in [-0.1, -0.05) is 0 Å². The quantitative estimate of drug-likeness (QED) is 0.576. The highest BCUT2D eigenvalue weighted by molar-refractivity contribution is 5.38. The third-order valence-electron chi connectivity index (χ3n) is 2.16. The highest BCUT2D eigenvalue weighted by Gasteiger charge is 2.30. The second kappa shape index (κ2) is 4.11. The highest BCUT2D eigenvalue weighted by atomic mass is 19.1. The molecule has 0 unspecified atom stereocenters. The molecule has 0 bridgehead atoms. The zero-order valence-corrected chi connectivity index (χ0v) is 7.98. The average molecular weight is 231 g/mol. The lowest BCUT2D eigenvalue weighted by atomic mass is 10.1. The number of hydrogen-bond acceptors (Lipinski definition) is 4. The van der Waals surface area contributed by atoms with E-state index in [-0.39, 0.29) is 13.2 Å². The molecular formula is C9H7F2NO4. The van der Waals surface area contributed by atoms with Crippen molar-refractivity contribution >= 4 is 5.69 Å². The maximum atomic E-state index is 13.6. The predicted molar refractivity (Wildman–Crippen MR) is 47.7 cm³/mol. The van der Waals surface area contributed by atoms with Crippen LogP contribution in [-0.2, 0) is 9.47 Å². The molecule has 0 saturated carbocycles. The summed E-state index contributed by atoms with van der Waals surface area (Å²) in [6.45, 7) is 0.401. The van der Waals surface area contributed by atoms with Crippen LogP contribution in [0.1, 0.15) is 11.9 Å². The number of nitro groups is 1. The minimum Gasteiger partial charge on any atom is -0.346 e. The molecule has 0 atom stereocenters. The van der Waals surface area contributed by atoms with Gasteiger partial charge in [-0.2, -0.15) is 4.39 Å². The molecule has 1 heterocycles. The fourth-order valence-corrected chi connectivity index (χ4v) is 1.44. The Bertz CT molecular complexity index is 432. The second-order valence-electron chi connectivity index (χ2n) is 3.12. The molecule has 0 aromatic heterocycles. The Hall–Kier alpha value is -1.60. The number of rotatable bonds is 2. The summed E-state index contributed by atoms with van der Waals surface area (Å²) >= 11 is 0. The van der Waals surface area contributed by atoms with Crippen LogP contribution < -0.4 is 0 Å². The molecule has 1 aliphatic rings. The largest absolute Gasteiger partial charge is 0.346 e. The van der Waals surface area contributed by atoms with Gasteiger partial charge in [-0.05, 0) is 6.07 Å². The molecule has 16 heavy (non-hydrogen) atoms. The normalized spacial score (nSPS) is 16.6. The SMILES string of the molecule is O=[N+]([O-])c1ccc(F)c(C2OCCO2)c1F. The molecule has 0 spiro atoms. The van der Waals surface area contributed by atoms with E-state index in [4.69, 9.17) is 9.47 Å². The number of nitro benzene ring substituents is 1. The Labute approximate surface area is 88.7 Å². The summed E-state index contributed by atoms with van der Waals surface area (Å²) in [5, 5.41) is 10.5. The fourth-order valence-electron chi connectivity index (χ4n) is 1.44. The summed E-state index contributed by atoms with van der Waals surface area (Å²) < 4.78 is 36.7. The molecule has 1 fully saturated rings. The molecule has 0 radical (unpaired) electrons. The molecule has 5 nitrogen and oxygen atoms in total. The van der Waals surface area contributed by atoms with Gasteiger partial charge in [-0.15, -0.1) is 0 Å². The molecule has 7 heteroatoms. The van der Waals surface area contributed by atoms with Crippen LogP contribution >= 0.6 is 0 Å². The van der Waals surface area contributed by atoms with Gasteiger partial charge in [0, 0.05) is 6.07 Å². The zero-order valence-electron chi connectivity index (χ0n) is 7.98. The van der Waals surface area contributed by atoms with Crippen molar-refractivity contribution in [2.24, 2.45) is 0 Å². The van der Waals surface area contributed by atoms with Crippen LogP contribution in [0.4, 0.5) is 14.5 Å². The third kappa shape index (κ3) is 1.74. The molecule has 0 amide bonds. The van der Waals surface area contributed by atoms with Gasteiger partial charge in [0.1, 0.15) is 5.82 Å². The van der Waals surface area contributed by atoms with Crippen molar-refractivity contribution in [3.8, 4) is 0 Å². The van der Waals surface area contributed by atoms with Crippen molar-refractivity contribution in [3.63, 3.8) is 0 Å². The summed E-state index contributed by atoms with van der Waals surface area (Å²) in [7, 11) is 0. The molecule has 2 rings (SSSR count). The minimum atomic E-state index is -1.25. The first kappa shape index (κ1) is 10.9. The predicted octanol–water partition coefficient (Wildman–Crippen LogP) is 1.92. The maximum absolute atomic E-state index is 13.6. The van der Waals surface area contributed by atoms with E-state index in [2.05, 4.69) is 0 Å². The lowest BCUT2D eigenvalue weighted by molar-refractivity contribution is -0.387. The van der Waals surface area contributed by atoms with Crippen LogP contribution in [0.3, 0.4) is 0 Å². The monoisotopic (exact) mass is 231 g/mol. The summed E-state index contributed by atoms with van der Waals surface area (Å²) in [6.07, 6.45) is -1.21. The van der Waals surface area contributed by atoms with E-state index in [0.29, 0.717) is 0 Å². The van der Waals surface area contributed by atoms with Gasteiger partial charge in [0.15, 0.2) is 6.29 Å². The molecule has 86 valence electrons. The number of ether oxygens (including phenoxy) is 2. The van der Waals surface area contributed by atoms with Crippen molar-refractivity contribution in [1.82, 2.24) is 0 Å². The van der Waals surface area contributed by atoms with E-state index in [1.165, 1.54) is 0 Å². The lowest BCUT2D eigenvalue weighted by Gasteiger charge is -2.11. The van der Waals surface area contributed by atoms with Gasteiger partial charge < -0.3 is 9.47 Å². The first-order chi connectivity index (χ1) is 7.61. The Balaban J connectivity index is 2.49. The average Bonchev–Trinajstić information content (AvgIpc) is 2.70. The first-order valence-corrected chi connectivity index (χ1v) is 4.46. The van der Waals surface area contributed by atoms with E-state index < -0.39 is 34.1 Å². The fraction of sp³-hybridized carbons (Fsp3) is 0.333. The van der Waals surface area contributed by atoms with Crippen LogP contribution in [-0.4, -0.2) is 18.1 Å².